The zero-order valence-electron chi connectivity index (χ0n) is 20.7. The molecule has 2 aromatic carbocycles. The molecule has 2 N–H and O–H groups in total. The lowest BCUT2D eigenvalue weighted by Gasteiger charge is -2.43. The summed E-state index contributed by atoms with van der Waals surface area (Å²) in [6.45, 7) is 11.4. The third-order valence-electron chi connectivity index (χ3n) is 6.33. The van der Waals surface area contributed by atoms with Gasteiger partial charge in [0.1, 0.15) is 0 Å². The molecule has 1 heterocycles. The van der Waals surface area contributed by atoms with Gasteiger partial charge >= 0.3 is 0 Å². The van der Waals surface area contributed by atoms with Crippen LogP contribution in [-0.2, 0) is 13.9 Å². The summed E-state index contributed by atoms with van der Waals surface area (Å²) in [7, 11) is -2.61. The Labute approximate surface area is 199 Å². The van der Waals surface area contributed by atoms with Crippen LogP contribution in [0.15, 0.2) is 60.7 Å². The Morgan fingerprint density at radius 2 is 1.52 bits per heavy atom. The molecule has 1 aliphatic heterocycles. The minimum absolute atomic E-state index is 0.104. The lowest BCUT2D eigenvalue weighted by molar-refractivity contribution is -0.141. The maximum atomic E-state index is 10.6. The first-order chi connectivity index (χ1) is 15.5. The SMILES string of the molecule is CC1(C)OC[C@@H](C[C@H](O)C[C@@H](O)CCO[Si](c2ccccc2)(c2ccccc2)C(C)(C)C)O1. The summed E-state index contributed by atoms with van der Waals surface area (Å²) >= 11 is 0. The van der Waals surface area contributed by atoms with E-state index in [0.717, 1.165) is 0 Å². The van der Waals surface area contributed by atoms with E-state index in [9.17, 15) is 10.2 Å². The summed E-state index contributed by atoms with van der Waals surface area (Å²) in [4.78, 5) is 0. The number of benzene rings is 2. The minimum atomic E-state index is -2.61. The van der Waals surface area contributed by atoms with E-state index < -0.39 is 26.3 Å². The Kier molecular flexibility index (Phi) is 8.54. The number of hydrogen-bond donors (Lipinski definition) is 2. The molecule has 0 aliphatic carbocycles. The quantitative estimate of drug-likeness (QED) is 0.517. The molecule has 6 heteroatoms. The van der Waals surface area contributed by atoms with Crippen LogP contribution in [0.5, 0.6) is 0 Å². The van der Waals surface area contributed by atoms with Crippen LogP contribution in [0.2, 0.25) is 5.04 Å². The van der Waals surface area contributed by atoms with Crippen LogP contribution in [-0.4, -0.2) is 55.8 Å². The van der Waals surface area contributed by atoms with E-state index in [2.05, 4.69) is 69.3 Å². The Balaban J connectivity index is 1.66. The molecule has 0 saturated carbocycles. The summed E-state index contributed by atoms with van der Waals surface area (Å²) in [6, 6.07) is 21.0. The van der Waals surface area contributed by atoms with Crippen molar-refractivity contribution in [1.82, 2.24) is 0 Å². The van der Waals surface area contributed by atoms with E-state index in [1.807, 2.05) is 26.0 Å². The fraction of sp³-hybridized carbons (Fsp3) is 0.556. The van der Waals surface area contributed by atoms with Gasteiger partial charge in [0.25, 0.3) is 8.32 Å². The molecule has 1 aliphatic rings. The van der Waals surface area contributed by atoms with Crippen LogP contribution >= 0.6 is 0 Å². The van der Waals surface area contributed by atoms with Crippen molar-refractivity contribution in [3.63, 3.8) is 0 Å². The normalized spacial score (nSPS) is 20.5. The number of rotatable bonds is 10. The van der Waals surface area contributed by atoms with Crippen LogP contribution in [0.3, 0.4) is 0 Å². The summed E-state index contributed by atoms with van der Waals surface area (Å²) in [5, 5.41) is 23.4. The molecule has 0 unspecified atom stereocenters. The first kappa shape index (κ1) is 26.1. The molecule has 0 bridgehead atoms. The highest BCUT2D eigenvalue weighted by molar-refractivity contribution is 6.99. The molecule has 5 nitrogen and oxygen atoms in total. The zero-order chi connectivity index (χ0) is 24.1. The number of aliphatic hydroxyl groups excluding tert-OH is 2. The van der Waals surface area contributed by atoms with E-state index in [4.69, 9.17) is 13.9 Å². The summed E-state index contributed by atoms with van der Waals surface area (Å²) in [5.41, 5.74) is 0. The van der Waals surface area contributed by atoms with Crippen LogP contribution in [0, 0.1) is 0 Å². The summed E-state index contributed by atoms with van der Waals surface area (Å²) in [6.07, 6.45) is -0.213. The number of ether oxygens (including phenoxy) is 2. The third kappa shape index (κ3) is 6.53. The molecule has 0 amide bonds. The van der Waals surface area contributed by atoms with Gasteiger partial charge in [0, 0.05) is 13.0 Å². The second kappa shape index (κ2) is 10.8. The Bertz CT molecular complexity index is 810. The first-order valence-corrected chi connectivity index (χ1v) is 13.9. The van der Waals surface area contributed by atoms with E-state index in [-0.39, 0.29) is 11.1 Å². The fourth-order valence-electron chi connectivity index (χ4n) is 4.82. The Morgan fingerprint density at radius 3 is 1.97 bits per heavy atom. The molecule has 182 valence electrons. The van der Waals surface area contributed by atoms with Crippen molar-refractivity contribution in [3.8, 4) is 0 Å². The van der Waals surface area contributed by atoms with Crippen LogP contribution in [0.25, 0.3) is 0 Å². The van der Waals surface area contributed by atoms with Crippen LogP contribution < -0.4 is 10.4 Å². The molecular weight excluding hydrogens is 432 g/mol. The maximum Gasteiger partial charge on any atom is 0.261 e. The zero-order valence-corrected chi connectivity index (χ0v) is 21.7. The fourth-order valence-corrected chi connectivity index (χ4v) is 9.40. The highest BCUT2D eigenvalue weighted by Gasteiger charge is 2.50. The first-order valence-electron chi connectivity index (χ1n) is 12.0. The lowest BCUT2D eigenvalue weighted by atomic mass is 10.0. The van der Waals surface area contributed by atoms with Gasteiger partial charge in [-0.3, -0.25) is 0 Å². The van der Waals surface area contributed by atoms with E-state index in [0.29, 0.717) is 32.5 Å². The minimum Gasteiger partial charge on any atom is -0.407 e. The van der Waals surface area contributed by atoms with Crippen molar-refractivity contribution in [2.45, 2.75) is 83.0 Å². The average Bonchev–Trinajstić information content (AvgIpc) is 3.09. The van der Waals surface area contributed by atoms with Crippen molar-refractivity contribution >= 4 is 18.7 Å². The molecule has 33 heavy (non-hydrogen) atoms. The van der Waals surface area contributed by atoms with Gasteiger partial charge in [-0.05, 0) is 42.1 Å². The molecule has 2 aromatic rings. The second-order valence-electron chi connectivity index (χ2n) is 10.5. The van der Waals surface area contributed by atoms with E-state index >= 15 is 0 Å². The van der Waals surface area contributed by atoms with Gasteiger partial charge in [-0.1, -0.05) is 81.4 Å². The van der Waals surface area contributed by atoms with Gasteiger partial charge < -0.3 is 24.1 Å². The van der Waals surface area contributed by atoms with Gasteiger partial charge in [-0.2, -0.15) is 0 Å². The molecule has 3 atom stereocenters. The molecule has 1 saturated heterocycles. The highest BCUT2D eigenvalue weighted by Crippen LogP contribution is 2.37. The monoisotopic (exact) mass is 472 g/mol. The molecule has 1 fully saturated rings. The maximum absolute atomic E-state index is 10.6. The predicted octanol–water partition coefficient (Wildman–Crippen LogP) is 3.61. The summed E-state index contributed by atoms with van der Waals surface area (Å²) < 4.78 is 18.2. The van der Waals surface area contributed by atoms with Crippen molar-refractivity contribution in [2.75, 3.05) is 13.2 Å². The Morgan fingerprint density at radius 1 is 0.970 bits per heavy atom. The van der Waals surface area contributed by atoms with Crippen molar-refractivity contribution in [3.05, 3.63) is 60.7 Å². The van der Waals surface area contributed by atoms with Crippen molar-refractivity contribution in [2.24, 2.45) is 0 Å². The van der Waals surface area contributed by atoms with Gasteiger partial charge in [0.05, 0.1) is 24.9 Å². The van der Waals surface area contributed by atoms with Crippen LogP contribution in [0.1, 0.15) is 53.9 Å². The van der Waals surface area contributed by atoms with Gasteiger partial charge in [-0.15, -0.1) is 0 Å². The largest absolute Gasteiger partial charge is 0.407 e. The third-order valence-corrected chi connectivity index (χ3v) is 11.4. The predicted molar refractivity (Wildman–Crippen MR) is 134 cm³/mol. The van der Waals surface area contributed by atoms with E-state index in [1.165, 1.54) is 10.4 Å². The molecule has 0 spiro atoms. The molecule has 0 aromatic heterocycles. The van der Waals surface area contributed by atoms with Gasteiger partial charge in [0.15, 0.2) is 5.79 Å². The Hall–Kier alpha value is -1.54. The second-order valence-corrected chi connectivity index (χ2v) is 14.8. The molecule has 3 rings (SSSR count). The number of hydrogen-bond acceptors (Lipinski definition) is 5. The number of aliphatic hydroxyl groups is 2. The summed E-state index contributed by atoms with van der Waals surface area (Å²) in [5.74, 6) is -0.605. The average molecular weight is 473 g/mol. The van der Waals surface area contributed by atoms with Gasteiger partial charge in [-0.25, -0.2) is 0 Å². The molecule has 0 radical (unpaired) electrons. The smallest absolute Gasteiger partial charge is 0.261 e. The van der Waals surface area contributed by atoms with Crippen molar-refractivity contribution < 1.29 is 24.1 Å². The van der Waals surface area contributed by atoms with Crippen molar-refractivity contribution in [1.29, 1.82) is 0 Å². The van der Waals surface area contributed by atoms with Gasteiger partial charge in [0.2, 0.25) is 0 Å². The standard InChI is InChI=1S/C27H40O5Si/c1-26(2,3)33(24-12-8-6-9-13-24,25-14-10-7-11-15-25)31-17-16-21(28)18-22(29)19-23-20-30-27(4,5)32-23/h6-15,21-23,28-29H,16-20H2,1-5H3/t21-,22+,23+/m0/s1. The highest BCUT2D eigenvalue weighted by atomic mass is 28.4. The topological polar surface area (TPSA) is 68.2 Å². The molecular formula is C27H40O5Si. The van der Waals surface area contributed by atoms with E-state index in [1.54, 1.807) is 0 Å². The lowest BCUT2D eigenvalue weighted by Crippen LogP contribution is -2.66. The van der Waals surface area contributed by atoms with Crippen LogP contribution in [0.4, 0.5) is 0 Å².